The van der Waals surface area contributed by atoms with Crippen LogP contribution in [0.15, 0.2) is 36.4 Å². The quantitative estimate of drug-likeness (QED) is 0.523. The summed E-state index contributed by atoms with van der Waals surface area (Å²) in [5.41, 5.74) is 9.70. The molecule has 1 aliphatic rings. The van der Waals surface area contributed by atoms with Crippen molar-refractivity contribution in [2.24, 2.45) is 18.2 Å². The van der Waals surface area contributed by atoms with Gasteiger partial charge in [0.05, 0.1) is 12.3 Å². The van der Waals surface area contributed by atoms with E-state index in [-0.39, 0.29) is 11.2 Å². The number of ketones is 1. The number of hydrogen-bond donors (Lipinski definition) is 1. The third-order valence-corrected chi connectivity index (χ3v) is 6.75. The standard InChI is InChI=1S/C26H36N2O3/c1-18(2)20-9-5-7-19(15-20)8-6-10-24(29)23-12-11-22(28(23)4)21-13-14-26(3,16-21)17-31-25(27)30/h5,7,9,11-12,15,18,21H,6,8,10,13-14,16-17H2,1-4H3,(H2,27,30)/t21-,26-/m0/s1. The minimum atomic E-state index is -0.715. The van der Waals surface area contributed by atoms with Crippen LogP contribution < -0.4 is 5.73 Å². The van der Waals surface area contributed by atoms with Gasteiger partial charge in [-0.2, -0.15) is 0 Å². The molecule has 5 nitrogen and oxygen atoms in total. The SMILES string of the molecule is CC(C)c1cccc(CCCC(=O)c2ccc([C@H]3CC[C@](C)(COC(N)=O)C3)n2C)c1. The van der Waals surface area contributed by atoms with Crippen LogP contribution in [-0.2, 0) is 18.2 Å². The van der Waals surface area contributed by atoms with Gasteiger partial charge in [0.2, 0.25) is 0 Å². The van der Waals surface area contributed by atoms with Crippen molar-refractivity contribution in [3.05, 3.63) is 58.9 Å². The van der Waals surface area contributed by atoms with Gasteiger partial charge in [-0.3, -0.25) is 4.79 Å². The molecule has 168 valence electrons. The van der Waals surface area contributed by atoms with Gasteiger partial charge >= 0.3 is 6.09 Å². The van der Waals surface area contributed by atoms with Crippen molar-refractivity contribution in [1.29, 1.82) is 0 Å². The fraction of sp³-hybridized carbons (Fsp3) is 0.538. The topological polar surface area (TPSA) is 74.3 Å². The van der Waals surface area contributed by atoms with Crippen LogP contribution in [0.25, 0.3) is 0 Å². The first kappa shape index (κ1) is 23.1. The Balaban J connectivity index is 1.57. The van der Waals surface area contributed by atoms with Crippen LogP contribution in [0.3, 0.4) is 0 Å². The molecule has 2 N–H and O–H groups in total. The van der Waals surface area contributed by atoms with E-state index in [1.165, 1.54) is 16.8 Å². The van der Waals surface area contributed by atoms with E-state index in [1.54, 1.807) is 0 Å². The molecule has 1 fully saturated rings. The number of nitrogens with zero attached hydrogens (tertiary/aromatic N) is 1. The molecule has 2 aromatic rings. The monoisotopic (exact) mass is 424 g/mol. The Morgan fingerprint density at radius 2 is 2.03 bits per heavy atom. The molecular formula is C26H36N2O3. The van der Waals surface area contributed by atoms with Crippen LogP contribution in [0.1, 0.15) is 92.0 Å². The lowest BCUT2D eigenvalue weighted by atomic mass is 9.88. The highest BCUT2D eigenvalue weighted by molar-refractivity contribution is 5.94. The number of hydrogen-bond acceptors (Lipinski definition) is 3. The van der Waals surface area contributed by atoms with Gasteiger partial charge in [0.1, 0.15) is 0 Å². The highest BCUT2D eigenvalue weighted by Crippen LogP contribution is 2.46. The Bertz CT molecular complexity index is 930. The summed E-state index contributed by atoms with van der Waals surface area (Å²) in [5.74, 6) is 1.08. The zero-order valence-electron chi connectivity index (χ0n) is 19.3. The molecule has 3 rings (SSSR count). The van der Waals surface area contributed by atoms with Gasteiger partial charge < -0.3 is 15.0 Å². The summed E-state index contributed by atoms with van der Waals surface area (Å²) in [6, 6.07) is 12.7. The fourth-order valence-electron chi connectivity index (χ4n) is 4.86. The Hall–Kier alpha value is -2.56. The summed E-state index contributed by atoms with van der Waals surface area (Å²) in [4.78, 5) is 23.8. The molecule has 31 heavy (non-hydrogen) atoms. The van der Waals surface area contributed by atoms with Crippen LogP contribution in [0, 0.1) is 5.41 Å². The zero-order chi connectivity index (χ0) is 22.6. The number of amides is 1. The first-order valence-corrected chi connectivity index (χ1v) is 11.4. The molecule has 1 saturated carbocycles. The molecule has 0 spiro atoms. The molecule has 0 saturated heterocycles. The smallest absolute Gasteiger partial charge is 0.404 e. The van der Waals surface area contributed by atoms with Crippen LogP contribution in [0.2, 0.25) is 0 Å². The average Bonchev–Trinajstić information content (AvgIpc) is 3.30. The van der Waals surface area contributed by atoms with Gasteiger partial charge in [-0.05, 0) is 67.2 Å². The van der Waals surface area contributed by atoms with E-state index >= 15 is 0 Å². The number of aryl methyl sites for hydroxylation is 1. The van der Waals surface area contributed by atoms with E-state index in [0.29, 0.717) is 24.9 Å². The van der Waals surface area contributed by atoms with Crippen molar-refractivity contribution in [2.45, 2.75) is 71.1 Å². The van der Waals surface area contributed by atoms with E-state index in [1.807, 2.05) is 13.1 Å². The number of aromatic nitrogens is 1. The summed E-state index contributed by atoms with van der Waals surface area (Å²) < 4.78 is 7.13. The van der Waals surface area contributed by atoms with Crippen LogP contribution in [0.4, 0.5) is 4.79 Å². The number of carbonyl (C=O) groups is 2. The number of ether oxygens (including phenoxy) is 1. The molecule has 1 heterocycles. The van der Waals surface area contributed by atoms with Gasteiger partial charge in [-0.15, -0.1) is 0 Å². The lowest BCUT2D eigenvalue weighted by Gasteiger charge is -2.23. The van der Waals surface area contributed by atoms with Gasteiger partial charge in [-0.25, -0.2) is 4.79 Å². The van der Waals surface area contributed by atoms with Gasteiger partial charge in [0, 0.05) is 24.6 Å². The van der Waals surface area contributed by atoms with E-state index in [4.69, 9.17) is 10.5 Å². The van der Waals surface area contributed by atoms with Crippen molar-refractivity contribution in [1.82, 2.24) is 4.57 Å². The molecule has 0 bridgehead atoms. The molecule has 1 amide bonds. The minimum Gasteiger partial charge on any atom is -0.449 e. The number of nitrogens with two attached hydrogens (primary N) is 1. The lowest BCUT2D eigenvalue weighted by molar-refractivity contribution is 0.0968. The first-order valence-electron chi connectivity index (χ1n) is 11.4. The molecule has 1 aromatic carbocycles. The van der Waals surface area contributed by atoms with Gasteiger partial charge in [0.15, 0.2) is 5.78 Å². The van der Waals surface area contributed by atoms with Gasteiger partial charge in [0.25, 0.3) is 0 Å². The van der Waals surface area contributed by atoms with Crippen molar-refractivity contribution in [2.75, 3.05) is 6.61 Å². The van der Waals surface area contributed by atoms with Gasteiger partial charge in [-0.1, -0.05) is 45.0 Å². The number of carbonyl (C=O) groups excluding carboxylic acids is 2. The molecule has 1 aromatic heterocycles. The van der Waals surface area contributed by atoms with E-state index in [0.717, 1.165) is 37.8 Å². The maximum atomic E-state index is 12.9. The maximum Gasteiger partial charge on any atom is 0.404 e. The Morgan fingerprint density at radius 1 is 1.26 bits per heavy atom. The van der Waals surface area contributed by atoms with Crippen molar-refractivity contribution in [3.63, 3.8) is 0 Å². The summed E-state index contributed by atoms with van der Waals surface area (Å²) in [7, 11) is 1.99. The normalized spacial score (nSPS) is 20.9. The maximum absolute atomic E-state index is 12.9. The predicted molar refractivity (Wildman–Crippen MR) is 123 cm³/mol. The Labute approximate surface area is 186 Å². The zero-order valence-corrected chi connectivity index (χ0v) is 19.3. The number of Topliss-reactive ketones (excluding diaryl/α,β-unsaturated/α-hetero) is 1. The highest BCUT2D eigenvalue weighted by Gasteiger charge is 2.38. The third kappa shape index (κ3) is 5.78. The molecule has 2 atom stereocenters. The predicted octanol–water partition coefficient (Wildman–Crippen LogP) is 5.72. The Kier molecular flexibility index (Phi) is 7.24. The summed E-state index contributed by atoms with van der Waals surface area (Å²) in [5, 5.41) is 0. The number of benzene rings is 1. The highest BCUT2D eigenvalue weighted by atomic mass is 16.5. The molecule has 0 aliphatic heterocycles. The first-order chi connectivity index (χ1) is 14.7. The van der Waals surface area contributed by atoms with E-state index in [2.05, 4.69) is 55.7 Å². The fourth-order valence-corrected chi connectivity index (χ4v) is 4.86. The molecule has 5 heteroatoms. The van der Waals surface area contributed by atoms with Crippen molar-refractivity contribution in [3.8, 4) is 0 Å². The minimum absolute atomic E-state index is 0.0569. The van der Waals surface area contributed by atoms with Crippen molar-refractivity contribution < 1.29 is 14.3 Å². The molecular weight excluding hydrogens is 388 g/mol. The summed E-state index contributed by atoms with van der Waals surface area (Å²) >= 11 is 0. The van der Waals surface area contributed by atoms with Crippen molar-refractivity contribution >= 4 is 11.9 Å². The average molecular weight is 425 g/mol. The molecule has 0 unspecified atom stereocenters. The Morgan fingerprint density at radius 3 is 2.74 bits per heavy atom. The summed E-state index contributed by atoms with van der Waals surface area (Å²) in [6.45, 7) is 6.90. The molecule has 1 aliphatic carbocycles. The number of primary amides is 1. The van der Waals surface area contributed by atoms with E-state index < -0.39 is 6.09 Å². The second-order valence-electron chi connectivity index (χ2n) is 9.74. The molecule has 0 radical (unpaired) electrons. The number of rotatable bonds is 9. The van der Waals surface area contributed by atoms with Crippen LogP contribution in [0.5, 0.6) is 0 Å². The van der Waals surface area contributed by atoms with E-state index in [9.17, 15) is 9.59 Å². The summed E-state index contributed by atoms with van der Waals surface area (Å²) in [6.07, 6.45) is 4.55. The van der Waals surface area contributed by atoms with Crippen LogP contribution in [-0.4, -0.2) is 23.1 Å². The second kappa shape index (κ2) is 9.71. The van der Waals surface area contributed by atoms with Crippen LogP contribution >= 0.6 is 0 Å². The lowest BCUT2D eigenvalue weighted by Crippen LogP contribution is -2.25. The third-order valence-electron chi connectivity index (χ3n) is 6.75. The second-order valence-corrected chi connectivity index (χ2v) is 9.74. The largest absolute Gasteiger partial charge is 0.449 e.